The van der Waals surface area contributed by atoms with Crippen molar-refractivity contribution in [2.75, 3.05) is 4.90 Å². The first kappa shape index (κ1) is 24.4. The third kappa shape index (κ3) is 5.87. The Morgan fingerprint density at radius 2 is 1.91 bits per heavy atom. The second-order valence-electron chi connectivity index (χ2n) is 8.73. The van der Waals surface area contributed by atoms with Gasteiger partial charge in [0.15, 0.2) is 0 Å². The highest BCUT2D eigenvalue weighted by Crippen LogP contribution is 2.35. The molecule has 35 heavy (non-hydrogen) atoms. The lowest BCUT2D eigenvalue weighted by molar-refractivity contribution is -0.128. The highest BCUT2D eigenvalue weighted by atomic mass is 19.3. The van der Waals surface area contributed by atoms with Crippen molar-refractivity contribution in [3.8, 4) is 0 Å². The molecular formula is C25H26F3N5O2. The molecule has 10 heteroatoms. The Morgan fingerprint density at radius 1 is 1.17 bits per heavy atom. The van der Waals surface area contributed by atoms with Gasteiger partial charge in [0.1, 0.15) is 31.1 Å². The molecule has 1 atom stereocenters. The summed E-state index contributed by atoms with van der Waals surface area (Å²) in [6.07, 6.45) is 2.28. The predicted octanol–water partition coefficient (Wildman–Crippen LogP) is 4.19. The number of anilines is 1. The van der Waals surface area contributed by atoms with Gasteiger partial charge in [-0.25, -0.2) is 22.8 Å². The molecule has 0 aliphatic heterocycles. The maximum atomic E-state index is 14.2. The van der Waals surface area contributed by atoms with E-state index in [9.17, 15) is 22.8 Å². The Bertz CT molecular complexity index is 1180. The molecule has 1 unspecified atom stereocenters. The molecule has 7 nitrogen and oxygen atoms in total. The van der Waals surface area contributed by atoms with Crippen molar-refractivity contribution in [1.29, 1.82) is 0 Å². The second kappa shape index (κ2) is 10.3. The van der Waals surface area contributed by atoms with Crippen LogP contribution in [0.3, 0.4) is 0 Å². The molecule has 0 spiro atoms. The van der Waals surface area contributed by atoms with Gasteiger partial charge in [-0.3, -0.25) is 14.5 Å². The van der Waals surface area contributed by atoms with Crippen molar-refractivity contribution in [3.05, 3.63) is 78.1 Å². The molecule has 1 saturated carbocycles. The molecule has 1 aliphatic carbocycles. The summed E-state index contributed by atoms with van der Waals surface area (Å²) in [5.41, 5.74) is 1.48. The molecule has 184 valence electrons. The summed E-state index contributed by atoms with van der Waals surface area (Å²) in [7, 11) is 0. The van der Waals surface area contributed by atoms with Gasteiger partial charge in [-0.05, 0) is 49.1 Å². The van der Waals surface area contributed by atoms with Crippen molar-refractivity contribution < 1.29 is 22.8 Å². The van der Waals surface area contributed by atoms with Crippen molar-refractivity contribution >= 4 is 17.5 Å². The Balaban J connectivity index is 1.73. The van der Waals surface area contributed by atoms with E-state index in [4.69, 9.17) is 0 Å². The summed E-state index contributed by atoms with van der Waals surface area (Å²) in [5.74, 6) is -4.34. The fourth-order valence-corrected chi connectivity index (χ4v) is 4.35. The summed E-state index contributed by atoms with van der Waals surface area (Å²) in [6, 6.07) is 10.9. The zero-order valence-electron chi connectivity index (χ0n) is 19.2. The fourth-order valence-electron chi connectivity index (χ4n) is 4.35. The first-order valence-corrected chi connectivity index (χ1v) is 11.4. The Hall–Kier alpha value is -3.69. The number of amides is 2. The Kier molecular flexibility index (Phi) is 7.18. The molecule has 2 amide bonds. The second-order valence-corrected chi connectivity index (χ2v) is 8.73. The number of benzene rings is 2. The Labute approximate surface area is 201 Å². The summed E-state index contributed by atoms with van der Waals surface area (Å²) >= 11 is 0. The number of aromatic nitrogens is 3. The van der Waals surface area contributed by atoms with E-state index in [0.29, 0.717) is 5.56 Å². The predicted molar refractivity (Wildman–Crippen MR) is 123 cm³/mol. The van der Waals surface area contributed by atoms with E-state index >= 15 is 0 Å². The number of aryl methyl sites for hydroxylation is 1. The lowest BCUT2D eigenvalue weighted by Crippen LogP contribution is -2.49. The average Bonchev–Trinajstić information content (AvgIpc) is 3.32. The summed E-state index contributed by atoms with van der Waals surface area (Å²) in [5, 5.41) is 6.83. The number of carbonyl (C=O) groups is 2. The van der Waals surface area contributed by atoms with Crippen molar-refractivity contribution in [3.63, 3.8) is 0 Å². The zero-order valence-corrected chi connectivity index (χ0v) is 19.2. The number of halogens is 3. The van der Waals surface area contributed by atoms with Crippen LogP contribution in [0.1, 0.15) is 42.9 Å². The minimum atomic E-state index is -2.74. The van der Waals surface area contributed by atoms with Gasteiger partial charge >= 0.3 is 0 Å². The number of carbonyl (C=O) groups excluding carboxylic acids is 2. The van der Waals surface area contributed by atoms with Gasteiger partial charge in [-0.1, -0.05) is 30.3 Å². The van der Waals surface area contributed by atoms with Crippen LogP contribution in [0.2, 0.25) is 0 Å². The quantitative estimate of drug-likeness (QED) is 0.544. The molecule has 1 fully saturated rings. The summed E-state index contributed by atoms with van der Waals surface area (Å²) in [4.78, 5) is 32.4. The van der Waals surface area contributed by atoms with Crippen LogP contribution >= 0.6 is 0 Å². The largest absolute Gasteiger partial charge is 0.351 e. The van der Waals surface area contributed by atoms with Crippen molar-refractivity contribution in [2.24, 2.45) is 0 Å². The molecular weight excluding hydrogens is 459 g/mol. The lowest BCUT2D eigenvalue weighted by Gasteiger charge is -2.35. The normalized spacial score (nSPS) is 16.5. The van der Waals surface area contributed by atoms with E-state index in [1.54, 1.807) is 24.3 Å². The van der Waals surface area contributed by atoms with Crippen LogP contribution < -0.4 is 10.2 Å². The minimum absolute atomic E-state index is 0.131. The molecule has 2 aromatic carbocycles. The number of rotatable bonds is 7. The number of hydrogen-bond acceptors (Lipinski definition) is 4. The smallest absolute Gasteiger partial charge is 0.249 e. The van der Waals surface area contributed by atoms with E-state index in [1.807, 2.05) is 13.0 Å². The van der Waals surface area contributed by atoms with Crippen LogP contribution in [0, 0.1) is 12.7 Å². The fraction of sp³-hybridized carbons (Fsp3) is 0.360. The zero-order chi connectivity index (χ0) is 25.0. The topological polar surface area (TPSA) is 80.1 Å². The standard InChI is InChI=1S/C25H26F3N5O2/c1-17-5-2-3-8-21(17)23(24(35)31-19-9-11-25(27,28)12-10-19)33(20-7-4-6-18(26)13-20)22(34)14-32-16-29-15-30-32/h2-8,13,15-16,19,23H,9-12,14H2,1H3,(H,31,35). The van der Waals surface area contributed by atoms with E-state index in [2.05, 4.69) is 15.4 Å². The molecule has 0 radical (unpaired) electrons. The first-order valence-electron chi connectivity index (χ1n) is 11.4. The summed E-state index contributed by atoms with van der Waals surface area (Å²) < 4.78 is 42.8. The van der Waals surface area contributed by atoms with E-state index in [0.717, 1.165) is 5.56 Å². The first-order chi connectivity index (χ1) is 16.7. The molecule has 1 heterocycles. The molecule has 0 saturated heterocycles. The van der Waals surface area contributed by atoms with Crippen LogP contribution in [0.4, 0.5) is 18.9 Å². The van der Waals surface area contributed by atoms with Crippen LogP contribution in [0.25, 0.3) is 0 Å². The summed E-state index contributed by atoms with van der Waals surface area (Å²) in [6.45, 7) is 1.57. The van der Waals surface area contributed by atoms with Gasteiger partial charge in [-0.15, -0.1) is 0 Å². The van der Waals surface area contributed by atoms with Crippen LogP contribution in [-0.4, -0.2) is 38.5 Å². The molecule has 3 aromatic rings. The molecule has 1 aromatic heterocycles. The van der Waals surface area contributed by atoms with Gasteiger partial charge in [-0.2, -0.15) is 5.10 Å². The monoisotopic (exact) mass is 485 g/mol. The molecule has 1 aliphatic rings. The van der Waals surface area contributed by atoms with E-state index in [1.165, 1.54) is 40.4 Å². The van der Waals surface area contributed by atoms with E-state index in [-0.39, 0.29) is 37.9 Å². The number of alkyl halides is 2. The SMILES string of the molecule is Cc1ccccc1C(C(=O)NC1CCC(F)(F)CC1)N(C(=O)Cn1cncn1)c1cccc(F)c1. The van der Waals surface area contributed by atoms with Gasteiger partial charge < -0.3 is 5.32 Å². The number of nitrogens with one attached hydrogen (secondary N) is 1. The van der Waals surface area contributed by atoms with Crippen molar-refractivity contribution in [1.82, 2.24) is 20.1 Å². The van der Waals surface area contributed by atoms with Crippen LogP contribution in [0.5, 0.6) is 0 Å². The molecule has 4 rings (SSSR count). The van der Waals surface area contributed by atoms with Crippen molar-refractivity contribution in [2.45, 2.75) is 57.2 Å². The van der Waals surface area contributed by atoms with Gasteiger partial charge in [0, 0.05) is 24.6 Å². The highest BCUT2D eigenvalue weighted by molar-refractivity contribution is 6.01. The molecule has 0 bridgehead atoms. The van der Waals surface area contributed by atoms with Gasteiger partial charge in [0.2, 0.25) is 17.7 Å². The molecule has 1 N–H and O–H groups in total. The third-order valence-corrected chi connectivity index (χ3v) is 6.17. The third-order valence-electron chi connectivity index (χ3n) is 6.17. The van der Waals surface area contributed by atoms with Gasteiger partial charge in [0.25, 0.3) is 0 Å². The van der Waals surface area contributed by atoms with E-state index < -0.39 is 35.6 Å². The Morgan fingerprint density at radius 3 is 2.57 bits per heavy atom. The van der Waals surface area contributed by atoms with Crippen LogP contribution in [0.15, 0.2) is 61.2 Å². The highest BCUT2D eigenvalue weighted by Gasteiger charge is 2.38. The minimum Gasteiger partial charge on any atom is -0.351 e. The number of hydrogen-bond donors (Lipinski definition) is 1. The maximum absolute atomic E-state index is 14.2. The van der Waals surface area contributed by atoms with Gasteiger partial charge in [0.05, 0.1) is 0 Å². The lowest BCUT2D eigenvalue weighted by atomic mass is 9.91. The van der Waals surface area contributed by atoms with Crippen LogP contribution in [-0.2, 0) is 16.1 Å². The average molecular weight is 486 g/mol. The number of nitrogens with zero attached hydrogens (tertiary/aromatic N) is 4. The maximum Gasteiger partial charge on any atom is 0.249 e.